The first-order chi connectivity index (χ1) is 5.77. The summed E-state index contributed by atoms with van der Waals surface area (Å²) in [5, 5.41) is 8.69. The number of nitriles is 1. The zero-order valence-electron chi connectivity index (χ0n) is 7.67. The SMILES string of the molecule is CCCCn1cc(C)c(C#N)c1. The van der Waals surface area contributed by atoms with Crippen LogP contribution in [-0.4, -0.2) is 4.57 Å². The topological polar surface area (TPSA) is 28.7 Å². The fourth-order valence-corrected chi connectivity index (χ4v) is 1.21. The molecule has 1 aromatic rings. The van der Waals surface area contributed by atoms with Crippen molar-refractivity contribution < 1.29 is 0 Å². The molecule has 0 aliphatic rings. The lowest BCUT2D eigenvalue weighted by Gasteiger charge is -1.98. The van der Waals surface area contributed by atoms with Crippen LogP contribution < -0.4 is 0 Å². The highest BCUT2D eigenvalue weighted by Gasteiger charge is 1.99. The maximum Gasteiger partial charge on any atom is 0.101 e. The van der Waals surface area contributed by atoms with Crippen molar-refractivity contribution >= 4 is 0 Å². The first-order valence-corrected chi connectivity index (χ1v) is 4.34. The van der Waals surface area contributed by atoms with Crippen LogP contribution in [0.5, 0.6) is 0 Å². The molecule has 0 saturated carbocycles. The zero-order chi connectivity index (χ0) is 8.97. The molecule has 2 nitrogen and oxygen atoms in total. The highest BCUT2D eigenvalue weighted by molar-refractivity contribution is 5.34. The largest absolute Gasteiger partial charge is 0.353 e. The van der Waals surface area contributed by atoms with Gasteiger partial charge in [0.15, 0.2) is 0 Å². The number of aromatic nitrogens is 1. The van der Waals surface area contributed by atoms with Gasteiger partial charge in [-0.25, -0.2) is 0 Å². The van der Waals surface area contributed by atoms with E-state index in [0.717, 1.165) is 17.7 Å². The number of rotatable bonds is 3. The average molecular weight is 162 g/mol. The Hall–Kier alpha value is -1.23. The van der Waals surface area contributed by atoms with Crippen molar-refractivity contribution in [1.29, 1.82) is 5.26 Å². The third kappa shape index (κ3) is 1.88. The number of unbranched alkanes of at least 4 members (excludes halogenated alkanes) is 1. The van der Waals surface area contributed by atoms with E-state index in [1.54, 1.807) is 0 Å². The van der Waals surface area contributed by atoms with Crippen molar-refractivity contribution in [2.45, 2.75) is 33.2 Å². The van der Waals surface area contributed by atoms with Gasteiger partial charge in [0.1, 0.15) is 6.07 Å². The van der Waals surface area contributed by atoms with Crippen LogP contribution in [0.2, 0.25) is 0 Å². The van der Waals surface area contributed by atoms with Crippen LogP contribution in [-0.2, 0) is 6.54 Å². The molecule has 0 aromatic carbocycles. The lowest BCUT2D eigenvalue weighted by atomic mass is 10.2. The molecule has 12 heavy (non-hydrogen) atoms. The van der Waals surface area contributed by atoms with Crippen LogP contribution in [0.1, 0.15) is 30.9 Å². The predicted octanol–water partition coefficient (Wildman–Crippen LogP) is 2.47. The number of nitrogens with zero attached hydrogens (tertiary/aromatic N) is 2. The minimum absolute atomic E-state index is 0.797. The molecule has 0 bridgehead atoms. The first kappa shape index (κ1) is 8.86. The van der Waals surface area contributed by atoms with Crippen molar-refractivity contribution in [3.8, 4) is 6.07 Å². The summed E-state index contributed by atoms with van der Waals surface area (Å²) in [5.74, 6) is 0. The molecule has 0 aliphatic heterocycles. The van der Waals surface area contributed by atoms with Crippen molar-refractivity contribution in [2.75, 3.05) is 0 Å². The molecule has 0 spiro atoms. The minimum atomic E-state index is 0.797. The molecular weight excluding hydrogens is 148 g/mol. The summed E-state index contributed by atoms with van der Waals surface area (Å²) in [6, 6.07) is 2.17. The monoisotopic (exact) mass is 162 g/mol. The number of hydrogen-bond donors (Lipinski definition) is 0. The van der Waals surface area contributed by atoms with Gasteiger partial charge in [0.05, 0.1) is 5.56 Å². The van der Waals surface area contributed by atoms with Gasteiger partial charge in [-0.1, -0.05) is 13.3 Å². The molecule has 0 atom stereocenters. The van der Waals surface area contributed by atoms with Crippen molar-refractivity contribution in [3.05, 3.63) is 23.5 Å². The maximum atomic E-state index is 8.69. The quantitative estimate of drug-likeness (QED) is 0.671. The summed E-state index contributed by atoms with van der Waals surface area (Å²) < 4.78 is 2.09. The van der Waals surface area contributed by atoms with E-state index in [1.165, 1.54) is 12.8 Å². The second kappa shape index (κ2) is 3.96. The minimum Gasteiger partial charge on any atom is -0.353 e. The van der Waals surface area contributed by atoms with E-state index < -0.39 is 0 Å². The van der Waals surface area contributed by atoms with Gasteiger partial charge in [0.25, 0.3) is 0 Å². The van der Waals surface area contributed by atoms with E-state index in [1.807, 2.05) is 19.3 Å². The molecule has 64 valence electrons. The standard InChI is InChI=1S/C10H14N2/c1-3-4-5-12-7-9(2)10(6-11)8-12/h7-8H,3-5H2,1-2H3. The molecule has 1 aromatic heterocycles. The van der Waals surface area contributed by atoms with E-state index in [9.17, 15) is 0 Å². The van der Waals surface area contributed by atoms with E-state index in [4.69, 9.17) is 5.26 Å². The number of aryl methyl sites for hydroxylation is 2. The molecule has 0 amide bonds. The summed E-state index contributed by atoms with van der Waals surface area (Å²) in [6.07, 6.45) is 6.33. The van der Waals surface area contributed by atoms with Gasteiger partial charge in [-0.3, -0.25) is 0 Å². The molecule has 2 heteroatoms. The Morgan fingerprint density at radius 1 is 1.50 bits per heavy atom. The molecule has 1 heterocycles. The lowest BCUT2D eigenvalue weighted by molar-refractivity contribution is 0.634. The van der Waals surface area contributed by atoms with E-state index in [0.29, 0.717) is 0 Å². The fourth-order valence-electron chi connectivity index (χ4n) is 1.21. The molecule has 0 unspecified atom stereocenters. The summed E-state index contributed by atoms with van der Waals surface area (Å²) in [4.78, 5) is 0. The van der Waals surface area contributed by atoms with Crippen LogP contribution in [0.3, 0.4) is 0 Å². The second-order valence-electron chi connectivity index (χ2n) is 3.06. The van der Waals surface area contributed by atoms with Crippen molar-refractivity contribution in [2.24, 2.45) is 0 Å². The number of hydrogen-bond acceptors (Lipinski definition) is 1. The van der Waals surface area contributed by atoms with Crippen molar-refractivity contribution in [1.82, 2.24) is 4.57 Å². The highest BCUT2D eigenvalue weighted by Crippen LogP contribution is 2.08. The van der Waals surface area contributed by atoms with Crippen molar-refractivity contribution in [3.63, 3.8) is 0 Å². The molecule has 0 saturated heterocycles. The molecule has 0 N–H and O–H groups in total. The lowest BCUT2D eigenvalue weighted by Crippen LogP contribution is -1.92. The van der Waals surface area contributed by atoms with Gasteiger partial charge < -0.3 is 4.57 Å². The van der Waals surface area contributed by atoms with Gasteiger partial charge in [-0.05, 0) is 18.9 Å². The first-order valence-electron chi connectivity index (χ1n) is 4.34. The van der Waals surface area contributed by atoms with Crippen LogP contribution in [0.4, 0.5) is 0 Å². The maximum absolute atomic E-state index is 8.69. The van der Waals surface area contributed by atoms with E-state index in [-0.39, 0.29) is 0 Å². The van der Waals surface area contributed by atoms with Gasteiger partial charge in [0.2, 0.25) is 0 Å². The normalized spacial score (nSPS) is 9.75. The van der Waals surface area contributed by atoms with Gasteiger partial charge in [0, 0.05) is 18.9 Å². The van der Waals surface area contributed by atoms with Gasteiger partial charge in [-0.2, -0.15) is 5.26 Å². The van der Waals surface area contributed by atoms with Gasteiger partial charge in [-0.15, -0.1) is 0 Å². The Morgan fingerprint density at radius 3 is 2.75 bits per heavy atom. The molecule has 0 aliphatic carbocycles. The molecule has 1 rings (SSSR count). The Kier molecular flexibility index (Phi) is 2.93. The second-order valence-corrected chi connectivity index (χ2v) is 3.06. The Labute approximate surface area is 73.4 Å². The van der Waals surface area contributed by atoms with Crippen LogP contribution in [0, 0.1) is 18.3 Å². The third-order valence-electron chi connectivity index (χ3n) is 1.97. The zero-order valence-corrected chi connectivity index (χ0v) is 7.67. The summed E-state index contributed by atoms with van der Waals surface area (Å²) in [6.45, 7) is 5.17. The van der Waals surface area contributed by atoms with E-state index in [2.05, 4.69) is 17.6 Å². The average Bonchev–Trinajstić information content (AvgIpc) is 2.43. The third-order valence-corrected chi connectivity index (χ3v) is 1.97. The predicted molar refractivity (Wildman–Crippen MR) is 48.8 cm³/mol. The molecule has 0 fully saturated rings. The Morgan fingerprint density at radius 2 is 2.25 bits per heavy atom. The summed E-state index contributed by atoms with van der Waals surface area (Å²) >= 11 is 0. The highest BCUT2D eigenvalue weighted by atomic mass is 14.9. The Balaban J connectivity index is 2.70. The smallest absolute Gasteiger partial charge is 0.101 e. The summed E-state index contributed by atoms with van der Waals surface area (Å²) in [7, 11) is 0. The van der Waals surface area contributed by atoms with Crippen LogP contribution >= 0.6 is 0 Å². The van der Waals surface area contributed by atoms with E-state index >= 15 is 0 Å². The van der Waals surface area contributed by atoms with Gasteiger partial charge >= 0.3 is 0 Å². The Bertz CT molecular complexity index is 291. The van der Waals surface area contributed by atoms with Crippen LogP contribution in [0.15, 0.2) is 12.4 Å². The molecule has 0 radical (unpaired) electrons. The summed E-state index contributed by atoms with van der Waals surface area (Å²) in [5.41, 5.74) is 1.87. The fraction of sp³-hybridized carbons (Fsp3) is 0.500. The molecular formula is C10H14N2. The van der Waals surface area contributed by atoms with Crippen LogP contribution in [0.25, 0.3) is 0 Å².